The molecule has 7 nitrogen and oxygen atoms in total. The van der Waals surface area contributed by atoms with Crippen molar-refractivity contribution in [2.45, 2.75) is 39.3 Å². The number of esters is 1. The fourth-order valence-corrected chi connectivity index (χ4v) is 3.45. The first kappa shape index (κ1) is 21.5. The Balaban J connectivity index is 1.46. The molecule has 3 rings (SSSR count). The number of methoxy groups -OCH3 is 2. The van der Waals surface area contributed by atoms with Crippen LogP contribution in [0.3, 0.4) is 0 Å². The highest BCUT2D eigenvalue weighted by Crippen LogP contribution is 2.38. The van der Waals surface area contributed by atoms with Crippen LogP contribution in [-0.2, 0) is 20.9 Å². The Labute approximate surface area is 176 Å². The minimum absolute atomic E-state index is 0.291. The number of nitrogens with zero attached hydrogens (tertiary/aromatic N) is 1. The van der Waals surface area contributed by atoms with Crippen molar-refractivity contribution in [3.05, 3.63) is 52.9 Å². The van der Waals surface area contributed by atoms with E-state index in [4.69, 9.17) is 14.2 Å². The summed E-state index contributed by atoms with van der Waals surface area (Å²) < 4.78 is 17.8. The Morgan fingerprint density at radius 1 is 1.13 bits per heavy atom. The summed E-state index contributed by atoms with van der Waals surface area (Å²) in [5.74, 6) is 0.277. The first-order chi connectivity index (χ1) is 14.4. The molecule has 1 fully saturated rings. The maximum Gasteiger partial charge on any atom is 0.331 e. The smallest absolute Gasteiger partial charge is 0.331 e. The lowest BCUT2D eigenvalue weighted by Crippen LogP contribution is -2.28. The van der Waals surface area contributed by atoms with Gasteiger partial charge < -0.3 is 24.1 Å². The van der Waals surface area contributed by atoms with Gasteiger partial charge in [-0.1, -0.05) is 6.07 Å². The normalized spacial score (nSPS) is 13.3. The van der Waals surface area contributed by atoms with Crippen molar-refractivity contribution < 1.29 is 23.8 Å². The number of nitrogens with one attached hydrogen (secondary N) is 1. The standard InChI is InChI=1S/C23H28N2O5/c1-15-11-18(16(2)25(15)19-7-8-19)6-10-23(27)30-14-22(26)24-13-17-5-9-20(28-3)21(12-17)29-4/h5-6,9-12,19H,7-8,13-14H2,1-4H3,(H,24,26)/b10-6+. The Hall–Kier alpha value is -3.22. The Morgan fingerprint density at radius 3 is 2.53 bits per heavy atom. The van der Waals surface area contributed by atoms with Crippen molar-refractivity contribution in [2.24, 2.45) is 0 Å². The van der Waals surface area contributed by atoms with Gasteiger partial charge in [0, 0.05) is 30.1 Å². The van der Waals surface area contributed by atoms with Gasteiger partial charge in [0.1, 0.15) is 0 Å². The van der Waals surface area contributed by atoms with Crippen LogP contribution in [0.25, 0.3) is 6.08 Å². The number of hydrogen-bond acceptors (Lipinski definition) is 5. The first-order valence-corrected chi connectivity index (χ1v) is 9.93. The van der Waals surface area contributed by atoms with E-state index in [1.807, 2.05) is 6.07 Å². The van der Waals surface area contributed by atoms with Gasteiger partial charge in [0.2, 0.25) is 0 Å². The molecule has 0 radical (unpaired) electrons. The van der Waals surface area contributed by atoms with Crippen molar-refractivity contribution in [3.8, 4) is 11.5 Å². The summed E-state index contributed by atoms with van der Waals surface area (Å²) in [4.78, 5) is 24.0. The molecular weight excluding hydrogens is 384 g/mol. The number of aromatic nitrogens is 1. The van der Waals surface area contributed by atoms with Gasteiger partial charge in [-0.15, -0.1) is 0 Å². The highest BCUT2D eigenvalue weighted by molar-refractivity contribution is 5.89. The number of amides is 1. The van der Waals surface area contributed by atoms with Gasteiger partial charge in [0.15, 0.2) is 18.1 Å². The van der Waals surface area contributed by atoms with Gasteiger partial charge in [0.05, 0.1) is 14.2 Å². The van der Waals surface area contributed by atoms with E-state index in [0.717, 1.165) is 16.8 Å². The monoisotopic (exact) mass is 412 g/mol. The maximum atomic E-state index is 12.0. The molecule has 1 N–H and O–H groups in total. The average Bonchev–Trinajstić information content (AvgIpc) is 3.53. The first-order valence-electron chi connectivity index (χ1n) is 9.93. The van der Waals surface area contributed by atoms with Crippen molar-refractivity contribution >= 4 is 18.0 Å². The van der Waals surface area contributed by atoms with E-state index in [1.165, 1.54) is 24.6 Å². The molecule has 1 heterocycles. The Bertz CT molecular complexity index is 957. The fraction of sp³-hybridized carbons (Fsp3) is 0.391. The highest BCUT2D eigenvalue weighted by atomic mass is 16.5. The Kier molecular flexibility index (Phi) is 6.82. The average molecular weight is 412 g/mol. The van der Waals surface area contributed by atoms with E-state index in [2.05, 4.69) is 29.8 Å². The molecule has 1 aromatic carbocycles. The summed E-state index contributed by atoms with van der Waals surface area (Å²) in [6, 6.07) is 8.03. The fourth-order valence-electron chi connectivity index (χ4n) is 3.45. The van der Waals surface area contributed by atoms with Gasteiger partial charge in [-0.05, 0) is 62.1 Å². The maximum absolute atomic E-state index is 12.0. The molecule has 0 atom stereocenters. The van der Waals surface area contributed by atoms with Crippen LogP contribution in [0.1, 0.15) is 41.4 Å². The van der Waals surface area contributed by atoms with Crippen LogP contribution in [-0.4, -0.2) is 37.3 Å². The summed E-state index contributed by atoms with van der Waals surface area (Å²) in [7, 11) is 3.12. The number of ether oxygens (including phenoxy) is 3. The summed E-state index contributed by atoms with van der Waals surface area (Å²) in [6.07, 6.45) is 5.52. The lowest BCUT2D eigenvalue weighted by molar-refractivity contribution is -0.143. The molecule has 0 bridgehead atoms. The largest absolute Gasteiger partial charge is 0.493 e. The van der Waals surface area contributed by atoms with Gasteiger partial charge in [-0.2, -0.15) is 0 Å². The van der Waals surface area contributed by atoms with E-state index < -0.39 is 5.97 Å². The molecule has 160 valence electrons. The van der Waals surface area contributed by atoms with E-state index in [0.29, 0.717) is 24.1 Å². The van der Waals surface area contributed by atoms with Crippen LogP contribution >= 0.6 is 0 Å². The van der Waals surface area contributed by atoms with E-state index in [9.17, 15) is 9.59 Å². The predicted octanol–water partition coefficient (Wildman–Crippen LogP) is 3.33. The second kappa shape index (κ2) is 9.52. The van der Waals surface area contributed by atoms with E-state index >= 15 is 0 Å². The van der Waals surface area contributed by atoms with E-state index in [1.54, 1.807) is 32.4 Å². The molecule has 1 aliphatic carbocycles. The summed E-state index contributed by atoms with van der Waals surface area (Å²) in [5, 5.41) is 2.72. The molecule has 1 aliphatic rings. The third-order valence-corrected chi connectivity index (χ3v) is 5.12. The second-order valence-corrected chi connectivity index (χ2v) is 7.33. The number of benzene rings is 1. The molecule has 0 saturated heterocycles. The van der Waals surface area contributed by atoms with Crippen LogP contribution in [0, 0.1) is 13.8 Å². The lowest BCUT2D eigenvalue weighted by Gasteiger charge is -2.10. The van der Waals surface area contributed by atoms with Gasteiger partial charge in [-0.3, -0.25) is 4.79 Å². The molecule has 0 unspecified atom stereocenters. The van der Waals surface area contributed by atoms with E-state index in [-0.39, 0.29) is 12.5 Å². The number of carbonyl (C=O) groups is 2. The van der Waals surface area contributed by atoms with Gasteiger partial charge in [0.25, 0.3) is 5.91 Å². The topological polar surface area (TPSA) is 78.8 Å². The van der Waals surface area contributed by atoms with Gasteiger partial charge in [-0.25, -0.2) is 4.79 Å². The summed E-state index contributed by atoms with van der Waals surface area (Å²) >= 11 is 0. The quantitative estimate of drug-likeness (QED) is 0.505. The SMILES string of the molecule is COc1ccc(CNC(=O)COC(=O)/C=C/c2cc(C)n(C3CC3)c2C)cc1OC. The minimum atomic E-state index is -0.549. The molecule has 30 heavy (non-hydrogen) atoms. The molecule has 2 aromatic rings. The molecule has 0 aliphatic heterocycles. The Morgan fingerprint density at radius 2 is 1.87 bits per heavy atom. The molecule has 1 amide bonds. The zero-order chi connectivity index (χ0) is 21.7. The van der Waals surface area contributed by atoms with Crippen molar-refractivity contribution in [2.75, 3.05) is 20.8 Å². The number of aryl methyl sites for hydroxylation is 1. The van der Waals surface area contributed by atoms with Crippen LogP contribution in [0.4, 0.5) is 0 Å². The van der Waals surface area contributed by atoms with Crippen LogP contribution in [0.5, 0.6) is 11.5 Å². The zero-order valence-corrected chi connectivity index (χ0v) is 17.9. The zero-order valence-electron chi connectivity index (χ0n) is 17.9. The van der Waals surface area contributed by atoms with Crippen LogP contribution in [0.15, 0.2) is 30.3 Å². The molecule has 1 saturated carbocycles. The van der Waals surface area contributed by atoms with Crippen LogP contribution in [0.2, 0.25) is 0 Å². The van der Waals surface area contributed by atoms with Crippen molar-refractivity contribution in [1.29, 1.82) is 0 Å². The number of rotatable bonds is 9. The number of hydrogen-bond donors (Lipinski definition) is 1. The number of carbonyl (C=O) groups excluding carboxylic acids is 2. The van der Waals surface area contributed by atoms with Crippen LogP contribution < -0.4 is 14.8 Å². The van der Waals surface area contributed by atoms with Gasteiger partial charge >= 0.3 is 5.97 Å². The molecule has 1 aromatic heterocycles. The molecule has 0 spiro atoms. The summed E-state index contributed by atoms with van der Waals surface area (Å²) in [6.45, 7) is 4.08. The minimum Gasteiger partial charge on any atom is -0.493 e. The third-order valence-electron chi connectivity index (χ3n) is 5.12. The third kappa shape index (κ3) is 5.23. The molecular formula is C23H28N2O5. The van der Waals surface area contributed by atoms with Crippen molar-refractivity contribution in [3.63, 3.8) is 0 Å². The second-order valence-electron chi connectivity index (χ2n) is 7.33. The molecule has 7 heteroatoms. The summed E-state index contributed by atoms with van der Waals surface area (Å²) in [5.41, 5.74) is 4.18. The predicted molar refractivity (Wildman–Crippen MR) is 114 cm³/mol. The lowest BCUT2D eigenvalue weighted by atomic mass is 10.2. The van der Waals surface area contributed by atoms with Crippen molar-refractivity contribution in [1.82, 2.24) is 9.88 Å². The highest BCUT2D eigenvalue weighted by Gasteiger charge is 2.26.